The molecule has 15 heavy (non-hydrogen) atoms. The molecule has 88 valence electrons. The number of carbonyl (C=O) groups excluding carboxylic acids is 1. The molecule has 1 fully saturated rings. The Kier molecular flexibility index (Phi) is 2.94. The van der Waals surface area contributed by atoms with Gasteiger partial charge in [-0.25, -0.2) is 8.78 Å². The van der Waals surface area contributed by atoms with Crippen molar-refractivity contribution in [1.82, 2.24) is 0 Å². The van der Waals surface area contributed by atoms with Gasteiger partial charge in [-0.1, -0.05) is 13.8 Å². The van der Waals surface area contributed by atoms with Crippen molar-refractivity contribution in [1.29, 1.82) is 0 Å². The highest BCUT2D eigenvalue weighted by atomic mass is 19.3. The number of carbonyl (C=O) groups is 1. The van der Waals surface area contributed by atoms with E-state index in [-0.39, 0.29) is 31.5 Å². The van der Waals surface area contributed by atoms with Gasteiger partial charge in [0, 0.05) is 12.8 Å². The summed E-state index contributed by atoms with van der Waals surface area (Å²) in [5, 5.41) is 10.2. The van der Waals surface area contributed by atoms with Gasteiger partial charge in [0.25, 0.3) is 0 Å². The van der Waals surface area contributed by atoms with Gasteiger partial charge in [0.15, 0.2) is 0 Å². The molecule has 1 aliphatic carbocycles. The van der Waals surface area contributed by atoms with Crippen LogP contribution in [-0.2, 0) is 4.79 Å². The highest BCUT2D eigenvalue weighted by Gasteiger charge is 2.52. The van der Waals surface area contributed by atoms with Crippen molar-refractivity contribution in [3.63, 3.8) is 0 Å². The molecule has 1 N–H and O–H groups in total. The van der Waals surface area contributed by atoms with E-state index < -0.39 is 16.9 Å². The quantitative estimate of drug-likeness (QED) is 0.776. The van der Waals surface area contributed by atoms with Gasteiger partial charge < -0.3 is 5.11 Å². The molecule has 0 atom stereocenters. The van der Waals surface area contributed by atoms with Crippen LogP contribution in [0.25, 0.3) is 0 Å². The minimum absolute atomic E-state index is 0.00736. The van der Waals surface area contributed by atoms with E-state index >= 15 is 0 Å². The smallest absolute Gasteiger partial charge is 0.248 e. The molecule has 0 radical (unpaired) electrons. The van der Waals surface area contributed by atoms with Crippen molar-refractivity contribution in [3.05, 3.63) is 0 Å². The molecule has 1 rings (SSSR count). The van der Waals surface area contributed by atoms with Crippen molar-refractivity contribution in [2.75, 3.05) is 0 Å². The molecule has 0 aliphatic heterocycles. The van der Waals surface area contributed by atoms with E-state index in [2.05, 4.69) is 0 Å². The number of aliphatic hydroxyl groups is 1. The lowest BCUT2D eigenvalue weighted by Gasteiger charge is -2.45. The van der Waals surface area contributed by atoms with Crippen LogP contribution in [0.1, 0.15) is 46.5 Å². The Morgan fingerprint density at radius 3 is 1.93 bits per heavy atom. The Labute approximate surface area is 88.7 Å². The molecule has 0 aromatic heterocycles. The Morgan fingerprint density at radius 2 is 1.60 bits per heavy atom. The molecule has 1 saturated carbocycles. The van der Waals surface area contributed by atoms with Crippen molar-refractivity contribution >= 4 is 5.78 Å². The molecule has 2 nitrogen and oxygen atoms in total. The van der Waals surface area contributed by atoms with Crippen molar-refractivity contribution in [3.8, 4) is 0 Å². The molecule has 0 aromatic rings. The summed E-state index contributed by atoms with van der Waals surface area (Å²) in [7, 11) is 0. The average Bonchev–Trinajstić information content (AvgIpc) is 2.10. The molecule has 0 saturated heterocycles. The minimum atomic E-state index is -2.68. The highest BCUT2D eigenvalue weighted by Crippen LogP contribution is 2.47. The Balaban J connectivity index is 2.83. The molecule has 0 bridgehead atoms. The van der Waals surface area contributed by atoms with Gasteiger partial charge in [0.1, 0.15) is 5.78 Å². The summed E-state index contributed by atoms with van der Waals surface area (Å²) in [6.45, 7) is 4.64. The Bertz CT molecular complexity index is 262. The number of Topliss-reactive ketones (excluding diaryl/α,β-unsaturated/α-hetero) is 1. The Morgan fingerprint density at radius 1 is 1.20 bits per heavy atom. The first kappa shape index (κ1) is 12.6. The maximum absolute atomic E-state index is 12.9. The number of ketones is 1. The van der Waals surface area contributed by atoms with Gasteiger partial charge >= 0.3 is 0 Å². The summed E-state index contributed by atoms with van der Waals surface area (Å²) in [6, 6.07) is 0. The van der Waals surface area contributed by atoms with Crippen LogP contribution in [-0.4, -0.2) is 22.4 Å². The van der Waals surface area contributed by atoms with Crippen LogP contribution in [0.4, 0.5) is 8.78 Å². The first-order valence-electron chi connectivity index (χ1n) is 5.22. The molecule has 4 heteroatoms. The number of halogens is 2. The highest BCUT2D eigenvalue weighted by molar-refractivity contribution is 5.82. The number of hydrogen-bond donors (Lipinski definition) is 1. The van der Waals surface area contributed by atoms with Crippen molar-refractivity contribution in [2.45, 2.75) is 58.0 Å². The lowest BCUT2D eigenvalue weighted by molar-refractivity contribution is -0.165. The molecule has 0 spiro atoms. The van der Waals surface area contributed by atoms with Gasteiger partial charge in [-0.2, -0.15) is 0 Å². The molecular formula is C11H18F2O2. The zero-order valence-corrected chi connectivity index (χ0v) is 9.44. The fourth-order valence-electron chi connectivity index (χ4n) is 1.98. The predicted molar refractivity (Wildman–Crippen MR) is 52.8 cm³/mol. The second-order valence-electron chi connectivity index (χ2n) is 5.07. The first-order chi connectivity index (χ1) is 6.61. The summed E-state index contributed by atoms with van der Waals surface area (Å²) in [5.74, 6) is -2.84. The number of rotatable bonds is 2. The number of alkyl halides is 2. The third-order valence-electron chi connectivity index (χ3n) is 3.85. The molecular weight excluding hydrogens is 202 g/mol. The minimum Gasteiger partial charge on any atom is -0.389 e. The zero-order chi connectivity index (χ0) is 11.9. The van der Waals surface area contributed by atoms with Crippen molar-refractivity contribution < 1.29 is 18.7 Å². The topological polar surface area (TPSA) is 37.3 Å². The van der Waals surface area contributed by atoms with Crippen LogP contribution in [0.3, 0.4) is 0 Å². The van der Waals surface area contributed by atoms with E-state index in [1.807, 2.05) is 0 Å². The Hall–Kier alpha value is -0.510. The molecule has 0 heterocycles. The van der Waals surface area contributed by atoms with Crippen LogP contribution >= 0.6 is 0 Å². The molecule has 1 aliphatic rings. The van der Waals surface area contributed by atoms with Gasteiger partial charge in [-0.05, 0) is 19.8 Å². The van der Waals surface area contributed by atoms with Gasteiger partial charge in [-0.3, -0.25) is 4.79 Å². The average molecular weight is 220 g/mol. The normalized spacial score (nSPS) is 24.9. The van der Waals surface area contributed by atoms with E-state index in [0.29, 0.717) is 0 Å². The monoisotopic (exact) mass is 220 g/mol. The van der Waals surface area contributed by atoms with E-state index in [1.54, 1.807) is 13.8 Å². The fraction of sp³-hybridized carbons (Fsp3) is 0.909. The second kappa shape index (κ2) is 3.51. The maximum atomic E-state index is 12.9. The lowest BCUT2D eigenvalue weighted by atomic mass is 9.65. The standard InChI is InChI=1S/C11H18F2O2/c1-8(14)9(2,3)10(15)4-6-11(12,13)7-5-10/h15H,4-7H2,1-3H3. The van der Waals surface area contributed by atoms with Gasteiger partial charge in [0.05, 0.1) is 11.0 Å². The van der Waals surface area contributed by atoms with E-state index in [0.717, 1.165) is 0 Å². The summed E-state index contributed by atoms with van der Waals surface area (Å²) < 4.78 is 25.9. The summed E-state index contributed by atoms with van der Waals surface area (Å²) in [4.78, 5) is 11.4. The summed E-state index contributed by atoms with van der Waals surface area (Å²) in [6.07, 6.45) is -0.681. The van der Waals surface area contributed by atoms with Crippen LogP contribution in [0.15, 0.2) is 0 Å². The first-order valence-corrected chi connectivity index (χ1v) is 5.22. The third kappa shape index (κ3) is 2.19. The maximum Gasteiger partial charge on any atom is 0.248 e. The van der Waals surface area contributed by atoms with Crippen LogP contribution in [0, 0.1) is 5.41 Å². The van der Waals surface area contributed by atoms with E-state index in [9.17, 15) is 18.7 Å². The largest absolute Gasteiger partial charge is 0.389 e. The lowest BCUT2D eigenvalue weighted by Crippen LogP contribution is -2.52. The summed E-state index contributed by atoms with van der Waals surface area (Å²) in [5.41, 5.74) is -2.22. The number of hydrogen-bond acceptors (Lipinski definition) is 2. The summed E-state index contributed by atoms with van der Waals surface area (Å²) >= 11 is 0. The SMILES string of the molecule is CC(=O)C(C)(C)C1(O)CCC(F)(F)CC1. The van der Waals surface area contributed by atoms with E-state index in [4.69, 9.17) is 0 Å². The second-order valence-corrected chi connectivity index (χ2v) is 5.07. The van der Waals surface area contributed by atoms with Crippen LogP contribution < -0.4 is 0 Å². The van der Waals surface area contributed by atoms with Crippen molar-refractivity contribution in [2.24, 2.45) is 5.41 Å². The van der Waals surface area contributed by atoms with Crippen LogP contribution in [0.5, 0.6) is 0 Å². The van der Waals surface area contributed by atoms with Gasteiger partial charge in [0.2, 0.25) is 5.92 Å². The molecule has 0 amide bonds. The predicted octanol–water partition coefficient (Wildman–Crippen LogP) is 2.54. The van der Waals surface area contributed by atoms with Crippen LogP contribution in [0.2, 0.25) is 0 Å². The van der Waals surface area contributed by atoms with Gasteiger partial charge in [-0.15, -0.1) is 0 Å². The molecule has 0 unspecified atom stereocenters. The third-order valence-corrected chi connectivity index (χ3v) is 3.85. The molecule has 0 aromatic carbocycles. The van der Waals surface area contributed by atoms with E-state index in [1.165, 1.54) is 6.92 Å². The fourth-order valence-corrected chi connectivity index (χ4v) is 1.98. The zero-order valence-electron chi connectivity index (χ0n) is 9.44.